The van der Waals surface area contributed by atoms with Crippen molar-refractivity contribution in [2.24, 2.45) is 11.7 Å². The van der Waals surface area contributed by atoms with Crippen LogP contribution in [0, 0.1) is 5.92 Å². The number of hydrogen-bond acceptors (Lipinski definition) is 2. The summed E-state index contributed by atoms with van der Waals surface area (Å²) in [7, 11) is 1.85. The minimum atomic E-state index is 0.184. The Morgan fingerprint density at radius 2 is 2.12 bits per heavy atom. The molecule has 0 heterocycles. The third-order valence-electron chi connectivity index (χ3n) is 2.88. The number of carbonyl (C=O) groups is 1. The quantitative estimate of drug-likeness (QED) is 0.509. The van der Waals surface area contributed by atoms with E-state index in [0.29, 0.717) is 12.3 Å². The molecular formula is C13H26N2O. The fraction of sp³-hybridized carbons (Fsp3) is 0.769. The van der Waals surface area contributed by atoms with Gasteiger partial charge in [-0.15, -0.1) is 6.58 Å². The maximum Gasteiger partial charge on any atom is 0.222 e. The van der Waals surface area contributed by atoms with Crippen LogP contribution in [0.15, 0.2) is 12.7 Å². The Hall–Kier alpha value is -0.830. The van der Waals surface area contributed by atoms with Gasteiger partial charge in [0.15, 0.2) is 0 Å². The van der Waals surface area contributed by atoms with Gasteiger partial charge in [-0.05, 0) is 25.2 Å². The van der Waals surface area contributed by atoms with Crippen LogP contribution < -0.4 is 5.73 Å². The molecule has 94 valence electrons. The van der Waals surface area contributed by atoms with Crippen molar-refractivity contribution in [3.05, 3.63) is 12.7 Å². The van der Waals surface area contributed by atoms with Crippen molar-refractivity contribution < 1.29 is 4.79 Å². The second-order valence-corrected chi connectivity index (χ2v) is 4.69. The number of rotatable bonds is 8. The Bertz CT molecular complexity index is 214. The summed E-state index contributed by atoms with van der Waals surface area (Å²) >= 11 is 0. The molecule has 0 aliphatic rings. The lowest BCUT2D eigenvalue weighted by Crippen LogP contribution is -2.34. The zero-order valence-corrected chi connectivity index (χ0v) is 10.9. The van der Waals surface area contributed by atoms with E-state index in [4.69, 9.17) is 5.73 Å². The van der Waals surface area contributed by atoms with Crippen LogP contribution in [0.4, 0.5) is 0 Å². The molecule has 2 N–H and O–H groups in total. The van der Waals surface area contributed by atoms with E-state index in [1.54, 1.807) is 4.90 Å². The number of unbranched alkanes of at least 4 members (excludes halogenated alkanes) is 1. The smallest absolute Gasteiger partial charge is 0.222 e. The van der Waals surface area contributed by atoms with Gasteiger partial charge in [-0.25, -0.2) is 0 Å². The highest BCUT2D eigenvalue weighted by molar-refractivity contribution is 5.75. The molecule has 3 nitrogen and oxygen atoms in total. The van der Waals surface area contributed by atoms with Gasteiger partial charge in [0.05, 0.1) is 0 Å². The molecule has 0 aromatic heterocycles. The van der Waals surface area contributed by atoms with Crippen molar-refractivity contribution in [1.29, 1.82) is 0 Å². The standard InChI is InChI=1S/C13H26N2O/c1-5-6-7-8-13(16)15(4)10-9-12(14)11(2)3/h5,11-12H,1,6-10,14H2,2-4H3. The zero-order chi connectivity index (χ0) is 12.6. The van der Waals surface area contributed by atoms with Crippen molar-refractivity contribution in [2.75, 3.05) is 13.6 Å². The van der Waals surface area contributed by atoms with Gasteiger partial charge in [0.2, 0.25) is 5.91 Å². The van der Waals surface area contributed by atoms with Gasteiger partial charge < -0.3 is 10.6 Å². The summed E-state index contributed by atoms with van der Waals surface area (Å²) in [6, 6.07) is 0.184. The van der Waals surface area contributed by atoms with Gasteiger partial charge >= 0.3 is 0 Å². The summed E-state index contributed by atoms with van der Waals surface area (Å²) in [5, 5.41) is 0. The molecule has 1 atom stereocenters. The lowest BCUT2D eigenvalue weighted by Gasteiger charge is -2.21. The molecule has 0 aliphatic carbocycles. The predicted octanol–water partition coefficient (Wildman–Crippen LogP) is 2.17. The summed E-state index contributed by atoms with van der Waals surface area (Å²) < 4.78 is 0. The molecule has 0 aromatic carbocycles. The highest BCUT2D eigenvalue weighted by atomic mass is 16.2. The maximum absolute atomic E-state index is 11.7. The monoisotopic (exact) mass is 226 g/mol. The van der Waals surface area contributed by atoms with Gasteiger partial charge in [0, 0.05) is 26.1 Å². The Morgan fingerprint density at radius 1 is 1.50 bits per heavy atom. The molecule has 1 unspecified atom stereocenters. The minimum Gasteiger partial charge on any atom is -0.346 e. The fourth-order valence-electron chi connectivity index (χ4n) is 1.39. The van der Waals surface area contributed by atoms with Crippen molar-refractivity contribution in [2.45, 2.75) is 45.6 Å². The minimum absolute atomic E-state index is 0.184. The number of hydrogen-bond donors (Lipinski definition) is 1. The highest BCUT2D eigenvalue weighted by Gasteiger charge is 2.12. The van der Waals surface area contributed by atoms with E-state index in [1.807, 2.05) is 13.1 Å². The molecule has 0 aliphatic heterocycles. The molecule has 1 amide bonds. The normalized spacial score (nSPS) is 12.6. The fourth-order valence-corrected chi connectivity index (χ4v) is 1.39. The van der Waals surface area contributed by atoms with Crippen molar-refractivity contribution in [3.63, 3.8) is 0 Å². The molecule has 0 saturated heterocycles. The molecule has 0 spiro atoms. The van der Waals surface area contributed by atoms with E-state index in [9.17, 15) is 4.79 Å². The number of carbonyl (C=O) groups excluding carboxylic acids is 1. The Labute approximate surface area is 99.7 Å². The maximum atomic E-state index is 11.7. The second kappa shape index (κ2) is 8.34. The SMILES string of the molecule is C=CCCCC(=O)N(C)CCC(N)C(C)C. The largest absolute Gasteiger partial charge is 0.346 e. The number of amides is 1. The van der Waals surface area contributed by atoms with E-state index < -0.39 is 0 Å². The first-order valence-electron chi connectivity index (χ1n) is 6.09. The topological polar surface area (TPSA) is 46.3 Å². The van der Waals surface area contributed by atoms with Gasteiger partial charge in [-0.1, -0.05) is 19.9 Å². The second-order valence-electron chi connectivity index (χ2n) is 4.69. The number of nitrogens with zero attached hydrogens (tertiary/aromatic N) is 1. The van der Waals surface area contributed by atoms with E-state index in [2.05, 4.69) is 20.4 Å². The van der Waals surface area contributed by atoms with Crippen LogP contribution in [0.5, 0.6) is 0 Å². The molecule has 0 saturated carbocycles. The third-order valence-corrected chi connectivity index (χ3v) is 2.88. The first-order chi connectivity index (χ1) is 7.49. The van der Waals surface area contributed by atoms with Gasteiger partial charge in [-0.2, -0.15) is 0 Å². The third kappa shape index (κ3) is 6.62. The summed E-state index contributed by atoms with van der Waals surface area (Å²) in [6.07, 6.45) is 5.14. The first-order valence-corrected chi connectivity index (χ1v) is 6.09. The molecule has 0 radical (unpaired) electrons. The Balaban J connectivity index is 3.74. The van der Waals surface area contributed by atoms with Crippen LogP contribution in [0.1, 0.15) is 39.5 Å². The average molecular weight is 226 g/mol. The molecule has 0 aromatic rings. The van der Waals surface area contributed by atoms with Crippen LogP contribution in [0.25, 0.3) is 0 Å². The van der Waals surface area contributed by atoms with Gasteiger partial charge in [0.25, 0.3) is 0 Å². The molecule has 0 rings (SSSR count). The van der Waals surface area contributed by atoms with E-state index in [0.717, 1.165) is 25.8 Å². The van der Waals surface area contributed by atoms with E-state index in [1.165, 1.54) is 0 Å². The average Bonchev–Trinajstić information content (AvgIpc) is 2.25. The highest BCUT2D eigenvalue weighted by Crippen LogP contribution is 2.05. The molecule has 16 heavy (non-hydrogen) atoms. The van der Waals surface area contributed by atoms with Gasteiger partial charge in [-0.3, -0.25) is 4.79 Å². The Kier molecular flexibility index (Phi) is 7.90. The van der Waals surface area contributed by atoms with Crippen LogP contribution in [0.2, 0.25) is 0 Å². The first kappa shape index (κ1) is 15.2. The summed E-state index contributed by atoms with van der Waals surface area (Å²) in [5.41, 5.74) is 5.94. The number of allylic oxidation sites excluding steroid dienone is 1. The number of nitrogens with two attached hydrogens (primary N) is 1. The predicted molar refractivity (Wildman–Crippen MR) is 69.1 cm³/mol. The zero-order valence-electron chi connectivity index (χ0n) is 10.9. The van der Waals surface area contributed by atoms with Crippen LogP contribution in [-0.4, -0.2) is 30.4 Å². The van der Waals surface area contributed by atoms with Crippen LogP contribution in [-0.2, 0) is 4.79 Å². The van der Waals surface area contributed by atoms with Gasteiger partial charge in [0.1, 0.15) is 0 Å². The van der Waals surface area contributed by atoms with Crippen molar-refractivity contribution in [1.82, 2.24) is 4.90 Å². The molecule has 0 fully saturated rings. The lowest BCUT2D eigenvalue weighted by atomic mass is 10.0. The molecular weight excluding hydrogens is 200 g/mol. The van der Waals surface area contributed by atoms with Crippen LogP contribution in [0.3, 0.4) is 0 Å². The van der Waals surface area contributed by atoms with E-state index in [-0.39, 0.29) is 11.9 Å². The van der Waals surface area contributed by atoms with Crippen molar-refractivity contribution >= 4 is 5.91 Å². The molecule has 3 heteroatoms. The molecule has 0 bridgehead atoms. The van der Waals surface area contributed by atoms with Crippen molar-refractivity contribution in [3.8, 4) is 0 Å². The summed E-state index contributed by atoms with van der Waals surface area (Å²) in [4.78, 5) is 13.4. The lowest BCUT2D eigenvalue weighted by molar-refractivity contribution is -0.130. The Morgan fingerprint density at radius 3 is 2.62 bits per heavy atom. The summed E-state index contributed by atoms with van der Waals surface area (Å²) in [5.74, 6) is 0.682. The van der Waals surface area contributed by atoms with Crippen LogP contribution >= 0.6 is 0 Å². The van der Waals surface area contributed by atoms with E-state index >= 15 is 0 Å². The summed E-state index contributed by atoms with van der Waals surface area (Å²) in [6.45, 7) is 8.61.